The summed E-state index contributed by atoms with van der Waals surface area (Å²) in [6, 6.07) is 0. The normalized spacial score (nSPS) is 11.0. The molecule has 0 aliphatic heterocycles. The van der Waals surface area contributed by atoms with Gasteiger partial charge in [0.05, 0.1) is 27.2 Å². The Labute approximate surface area is 81.0 Å². The first-order valence-corrected chi connectivity index (χ1v) is 4.16. The number of unbranched alkanes of at least 4 members (excludes halogenated alkanes) is 1. The molecule has 0 saturated heterocycles. The third kappa shape index (κ3) is 8.27. The van der Waals surface area contributed by atoms with Crippen molar-refractivity contribution in [2.75, 3.05) is 40.4 Å². The molecule has 0 radical (unpaired) electrons. The van der Waals surface area contributed by atoms with Gasteiger partial charge in [-0.3, -0.25) is 0 Å². The number of quaternary nitrogens is 1. The van der Waals surface area contributed by atoms with E-state index in [-0.39, 0.29) is 25.6 Å². The summed E-state index contributed by atoms with van der Waals surface area (Å²) in [6.07, 6.45) is 1.90. The van der Waals surface area contributed by atoms with Crippen LogP contribution in [0.5, 0.6) is 0 Å². The Kier molecular flexibility index (Phi) is 9.54. The summed E-state index contributed by atoms with van der Waals surface area (Å²) in [5.74, 6) is 0. The van der Waals surface area contributed by atoms with Crippen molar-refractivity contribution >= 4 is 0 Å². The van der Waals surface area contributed by atoms with Gasteiger partial charge >= 0.3 is 0 Å². The zero-order chi connectivity index (χ0) is 8.74. The molecular weight excluding hydrogens is 178 g/mol. The number of hydrogen-bond acceptors (Lipinski definition) is 2. The van der Waals surface area contributed by atoms with E-state index in [4.69, 9.17) is 10.2 Å². The molecule has 0 aliphatic rings. The zero-order valence-corrected chi connectivity index (χ0v) is 8.72. The van der Waals surface area contributed by atoms with Crippen molar-refractivity contribution in [1.29, 1.82) is 0 Å². The number of hydrogen-bond donors (Lipinski definition) is 2. The van der Waals surface area contributed by atoms with Crippen LogP contribution in [0.1, 0.15) is 12.8 Å². The molecule has 0 spiro atoms. The van der Waals surface area contributed by atoms with Gasteiger partial charge in [-0.2, -0.15) is 0 Å². The van der Waals surface area contributed by atoms with Gasteiger partial charge in [-0.15, -0.1) is 0 Å². The number of rotatable bonds is 6. The third-order valence-corrected chi connectivity index (χ3v) is 1.88. The van der Waals surface area contributed by atoms with E-state index >= 15 is 0 Å². The second-order valence-corrected chi connectivity index (χ2v) is 3.54. The van der Waals surface area contributed by atoms with Crippen molar-refractivity contribution in [2.45, 2.75) is 12.8 Å². The Bertz CT molecular complexity index is 99.1. The van der Waals surface area contributed by atoms with Gasteiger partial charge < -0.3 is 27.1 Å². The Morgan fingerprint density at radius 3 is 1.92 bits per heavy atom. The molecular formula is C8H20ClNO2. The molecule has 0 aromatic heterocycles. The van der Waals surface area contributed by atoms with E-state index in [1.54, 1.807) is 0 Å². The Morgan fingerprint density at radius 2 is 1.50 bits per heavy atom. The highest BCUT2D eigenvalue weighted by Crippen LogP contribution is 1.99. The fourth-order valence-electron chi connectivity index (χ4n) is 1.03. The second kappa shape index (κ2) is 7.80. The van der Waals surface area contributed by atoms with Gasteiger partial charge in [0, 0.05) is 6.61 Å². The summed E-state index contributed by atoms with van der Waals surface area (Å²) in [5, 5.41) is 17.2. The predicted molar refractivity (Wildman–Crippen MR) is 45.2 cm³/mol. The van der Waals surface area contributed by atoms with Crippen LogP contribution in [-0.2, 0) is 0 Å². The van der Waals surface area contributed by atoms with Gasteiger partial charge in [0.15, 0.2) is 0 Å². The molecule has 2 N–H and O–H groups in total. The largest absolute Gasteiger partial charge is 1.00 e. The van der Waals surface area contributed by atoms with Crippen molar-refractivity contribution in [3.63, 3.8) is 0 Å². The van der Waals surface area contributed by atoms with Gasteiger partial charge in [0.1, 0.15) is 6.54 Å². The quantitative estimate of drug-likeness (QED) is 0.349. The van der Waals surface area contributed by atoms with Gasteiger partial charge in [-0.25, -0.2) is 0 Å². The number of nitrogens with zero attached hydrogens (tertiary/aromatic N) is 1. The van der Waals surface area contributed by atoms with E-state index in [1.165, 1.54) is 0 Å². The zero-order valence-electron chi connectivity index (χ0n) is 7.96. The summed E-state index contributed by atoms with van der Waals surface area (Å²) in [4.78, 5) is 0. The lowest BCUT2D eigenvalue weighted by Crippen LogP contribution is -3.00. The van der Waals surface area contributed by atoms with E-state index < -0.39 is 0 Å². The molecule has 0 aliphatic carbocycles. The smallest absolute Gasteiger partial charge is 0.102 e. The van der Waals surface area contributed by atoms with Crippen LogP contribution in [-0.4, -0.2) is 55.1 Å². The summed E-state index contributed by atoms with van der Waals surface area (Å²) in [5.41, 5.74) is 0. The van der Waals surface area contributed by atoms with Gasteiger partial charge in [-0.05, 0) is 12.8 Å². The Balaban J connectivity index is 0. The summed E-state index contributed by atoms with van der Waals surface area (Å²) >= 11 is 0. The van der Waals surface area contributed by atoms with Crippen LogP contribution in [0.3, 0.4) is 0 Å². The number of halogens is 1. The minimum atomic E-state index is 0. The highest BCUT2D eigenvalue weighted by atomic mass is 35.5. The molecule has 0 heterocycles. The maximum Gasteiger partial charge on any atom is 0.102 e. The highest BCUT2D eigenvalue weighted by molar-refractivity contribution is 4.37. The van der Waals surface area contributed by atoms with Crippen LogP contribution in [0, 0.1) is 0 Å². The molecule has 0 unspecified atom stereocenters. The lowest BCUT2D eigenvalue weighted by Gasteiger charge is -2.28. The maximum atomic E-state index is 8.69. The molecule has 12 heavy (non-hydrogen) atoms. The second-order valence-electron chi connectivity index (χ2n) is 3.54. The van der Waals surface area contributed by atoms with E-state index in [2.05, 4.69) is 14.1 Å². The van der Waals surface area contributed by atoms with E-state index in [9.17, 15) is 0 Å². The Hall–Kier alpha value is 0.170. The van der Waals surface area contributed by atoms with Gasteiger partial charge in [-0.1, -0.05) is 0 Å². The topological polar surface area (TPSA) is 40.5 Å². The monoisotopic (exact) mass is 197 g/mol. The van der Waals surface area contributed by atoms with Gasteiger partial charge in [0.2, 0.25) is 0 Å². The molecule has 0 amide bonds. The Morgan fingerprint density at radius 1 is 0.917 bits per heavy atom. The fourth-order valence-corrected chi connectivity index (χ4v) is 1.03. The molecule has 0 bridgehead atoms. The van der Waals surface area contributed by atoms with Crippen LogP contribution < -0.4 is 12.4 Å². The van der Waals surface area contributed by atoms with Gasteiger partial charge in [0.25, 0.3) is 0 Å². The fraction of sp³-hybridized carbons (Fsp3) is 1.00. The minimum absolute atomic E-state index is 0. The van der Waals surface area contributed by atoms with Crippen LogP contribution in [0.4, 0.5) is 0 Å². The van der Waals surface area contributed by atoms with E-state index in [1.807, 2.05) is 0 Å². The number of likely N-dealkylation sites (N-methyl/N-ethyl adjacent to an activating group) is 1. The first-order valence-electron chi connectivity index (χ1n) is 4.16. The molecule has 0 fully saturated rings. The molecule has 4 heteroatoms. The molecule has 0 atom stereocenters. The number of aliphatic hydroxyl groups excluding tert-OH is 2. The average molecular weight is 198 g/mol. The molecule has 76 valence electrons. The minimum Gasteiger partial charge on any atom is -1.00 e. The van der Waals surface area contributed by atoms with Crippen molar-refractivity contribution in [2.24, 2.45) is 0 Å². The van der Waals surface area contributed by atoms with E-state index in [0.29, 0.717) is 0 Å². The molecule has 0 saturated carbocycles. The first-order chi connectivity index (χ1) is 5.12. The van der Waals surface area contributed by atoms with Crippen molar-refractivity contribution < 1.29 is 27.1 Å². The summed E-state index contributed by atoms with van der Waals surface area (Å²) in [7, 11) is 4.18. The maximum absolute atomic E-state index is 8.69. The van der Waals surface area contributed by atoms with Crippen LogP contribution >= 0.6 is 0 Å². The third-order valence-electron chi connectivity index (χ3n) is 1.88. The van der Waals surface area contributed by atoms with Crippen LogP contribution in [0.15, 0.2) is 0 Å². The molecule has 3 nitrogen and oxygen atoms in total. The van der Waals surface area contributed by atoms with Crippen LogP contribution in [0.2, 0.25) is 0 Å². The average Bonchev–Trinajstić information content (AvgIpc) is 1.87. The standard InChI is InChI=1S/C8H20NO2.ClH/c1-9(2,6-8-11)5-3-4-7-10;/h10-11H,3-8H2,1-2H3;1H/q+1;/p-1. The summed E-state index contributed by atoms with van der Waals surface area (Å²) < 4.78 is 0.844. The molecule has 0 aromatic carbocycles. The lowest BCUT2D eigenvalue weighted by molar-refractivity contribution is -0.890. The van der Waals surface area contributed by atoms with Crippen molar-refractivity contribution in [3.05, 3.63) is 0 Å². The number of aliphatic hydroxyl groups is 2. The SMILES string of the molecule is C[N+](C)(CCO)CCCCO.[Cl-]. The van der Waals surface area contributed by atoms with E-state index in [0.717, 1.165) is 30.4 Å². The summed E-state index contributed by atoms with van der Waals surface area (Å²) in [6.45, 7) is 2.35. The first kappa shape index (κ1) is 14.7. The van der Waals surface area contributed by atoms with Crippen molar-refractivity contribution in [1.82, 2.24) is 0 Å². The molecule has 0 aromatic rings. The van der Waals surface area contributed by atoms with Crippen LogP contribution in [0.25, 0.3) is 0 Å². The van der Waals surface area contributed by atoms with Crippen molar-refractivity contribution in [3.8, 4) is 0 Å². The lowest BCUT2D eigenvalue weighted by atomic mass is 10.3. The highest BCUT2D eigenvalue weighted by Gasteiger charge is 2.12. The predicted octanol–water partition coefficient (Wildman–Crippen LogP) is -3.17. The molecule has 0 rings (SSSR count).